The van der Waals surface area contributed by atoms with Gasteiger partial charge in [-0.05, 0) is 6.42 Å². The summed E-state index contributed by atoms with van der Waals surface area (Å²) in [4.78, 5) is 11.9. The second-order valence-corrected chi connectivity index (χ2v) is 5.44. The highest BCUT2D eigenvalue weighted by Crippen LogP contribution is 2.22. The van der Waals surface area contributed by atoms with E-state index < -0.39 is 15.4 Å². The minimum Gasteiger partial charge on any atom is -0.296 e. The Morgan fingerprint density at radius 1 is 1.47 bits per heavy atom. The molecule has 1 unspecified atom stereocenters. The average molecular weight is 255 g/mol. The van der Waals surface area contributed by atoms with Crippen molar-refractivity contribution in [2.24, 2.45) is 5.14 Å². The summed E-state index contributed by atoms with van der Waals surface area (Å²) in [5.74, 6) is 0. The Hall–Kier alpha value is -1.54. The van der Waals surface area contributed by atoms with Crippen molar-refractivity contribution in [2.75, 3.05) is 0 Å². The lowest BCUT2D eigenvalue weighted by atomic mass is 10.3. The smallest absolute Gasteiger partial charge is 0.230 e. The fraction of sp³-hybridized carbons (Fsp3) is 0.444. The van der Waals surface area contributed by atoms with Gasteiger partial charge in [0.1, 0.15) is 11.8 Å². The van der Waals surface area contributed by atoms with Gasteiger partial charge in [-0.3, -0.25) is 4.57 Å². The number of imidazole rings is 1. The molecule has 0 aliphatic heterocycles. The van der Waals surface area contributed by atoms with Crippen LogP contribution in [0.4, 0.5) is 0 Å². The summed E-state index contributed by atoms with van der Waals surface area (Å²) >= 11 is 0. The molecular weight excluding hydrogens is 242 g/mol. The molecule has 0 radical (unpaired) electrons. The molecule has 0 aliphatic carbocycles. The number of sulfonamides is 1. The third-order valence-corrected chi connectivity index (χ3v) is 3.68. The van der Waals surface area contributed by atoms with Gasteiger partial charge >= 0.3 is 0 Å². The van der Waals surface area contributed by atoms with E-state index in [0.29, 0.717) is 24.0 Å². The standard InChI is InChI=1S/C9H13N5O2S/c1-2-3-8(17(10,15)16)14-6-13-7-4-11-5-12-9(7)14/h4-6,8H,2-3H2,1H3,(H2,10,15,16). The first-order valence-electron chi connectivity index (χ1n) is 5.18. The van der Waals surface area contributed by atoms with Crippen LogP contribution in [0.3, 0.4) is 0 Å². The van der Waals surface area contributed by atoms with E-state index in [9.17, 15) is 8.42 Å². The van der Waals surface area contributed by atoms with Gasteiger partial charge in [0.05, 0.1) is 12.5 Å². The van der Waals surface area contributed by atoms with Gasteiger partial charge in [0.25, 0.3) is 0 Å². The Bertz CT molecular complexity index is 621. The van der Waals surface area contributed by atoms with Gasteiger partial charge in [0.15, 0.2) is 11.0 Å². The molecule has 0 bridgehead atoms. The van der Waals surface area contributed by atoms with Gasteiger partial charge in [-0.25, -0.2) is 28.5 Å². The molecular formula is C9H13N5O2S. The zero-order valence-corrected chi connectivity index (χ0v) is 10.1. The maximum atomic E-state index is 11.5. The van der Waals surface area contributed by atoms with Crippen LogP contribution >= 0.6 is 0 Å². The van der Waals surface area contributed by atoms with E-state index in [1.165, 1.54) is 23.4 Å². The number of primary sulfonamides is 1. The summed E-state index contributed by atoms with van der Waals surface area (Å²) < 4.78 is 24.6. The van der Waals surface area contributed by atoms with Crippen molar-refractivity contribution in [1.82, 2.24) is 19.5 Å². The lowest BCUT2D eigenvalue weighted by Crippen LogP contribution is -2.26. The molecule has 0 aliphatic rings. The van der Waals surface area contributed by atoms with Gasteiger partial charge in [-0.15, -0.1) is 0 Å². The number of rotatable bonds is 4. The molecule has 0 fully saturated rings. The number of aromatic nitrogens is 4. The van der Waals surface area contributed by atoms with Gasteiger partial charge in [-0.2, -0.15) is 0 Å². The lowest BCUT2D eigenvalue weighted by Gasteiger charge is -2.15. The second-order valence-electron chi connectivity index (χ2n) is 3.72. The Balaban J connectivity index is 2.57. The topological polar surface area (TPSA) is 104 Å². The molecule has 17 heavy (non-hydrogen) atoms. The highest BCUT2D eigenvalue weighted by Gasteiger charge is 2.24. The fourth-order valence-corrected chi connectivity index (χ4v) is 2.74. The van der Waals surface area contributed by atoms with Crippen molar-refractivity contribution < 1.29 is 8.42 Å². The van der Waals surface area contributed by atoms with Gasteiger partial charge < -0.3 is 0 Å². The number of fused-ring (bicyclic) bond motifs is 1. The monoisotopic (exact) mass is 255 g/mol. The molecule has 8 heteroatoms. The molecule has 92 valence electrons. The third-order valence-electron chi connectivity index (χ3n) is 2.46. The van der Waals surface area contributed by atoms with Crippen LogP contribution in [0.25, 0.3) is 11.2 Å². The fourth-order valence-electron chi connectivity index (χ4n) is 1.70. The first-order chi connectivity index (χ1) is 8.04. The molecule has 0 amide bonds. The molecule has 2 aromatic heterocycles. The van der Waals surface area contributed by atoms with Crippen LogP contribution < -0.4 is 5.14 Å². The van der Waals surface area contributed by atoms with Crippen molar-refractivity contribution >= 4 is 21.2 Å². The first kappa shape index (κ1) is 11.9. The number of hydrogen-bond donors (Lipinski definition) is 1. The van der Waals surface area contributed by atoms with E-state index in [2.05, 4.69) is 15.0 Å². The Labute approximate surface area is 98.8 Å². The Kier molecular flexibility index (Phi) is 3.07. The maximum Gasteiger partial charge on any atom is 0.230 e. The van der Waals surface area contributed by atoms with Crippen LogP contribution in [0.5, 0.6) is 0 Å². The summed E-state index contributed by atoms with van der Waals surface area (Å²) in [5.41, 5.74) is 1.03. The summed E-state index contributed by atoms with van der Waals surface area (Å²) in [5, 5.41) is 4.40. The normalized spacial score (nSPS) is 14.0. The Morgan fingerprint density at radius 2 is 2.24 bits per heavy atom. The van der Waals surface area contributed by atoms with Crippen LogP contribution in [-0.2, 0) is 10.0 Å². The molecule has 1 atom stereocenters. The third kappa shape index (κ3) is 2.27. The maximum absolute atomic E-state index is 11.5. The van der Waals surface area contributed by atoms with Crippen molar-refractivity contribution in [3.8, 4) is 0 Å². The van der Waals surface area contributed by atoms with Gasteiger partial charge in [0.2, 0.25) is 10.0 Å². The zero-order chi connectivity index (χ0) is 12.5. The van der Waals surface area contributed by atoms with E-state index in [1.807, 2.05) is 6.92 Å². The van der Waals surface area contributed by atoms with E-state index in [-0.39, 0.29) is 0 Å². The summed E-state index contributed by atoms with van der Waals surface area (Å²) in [7, 11) is -3.68. The van der Waals surface area contributed by atoms with E-state index in [0.717, 1.165) is 0 Å². The predicted molar refractivity (Wildman–Crippen MR) is 62.4 cm³/mol. The van der Waals surface area contributed by atoms with Gasteiger partial charge in [0, 0.05) is 0 Å². The lowest BCUT2D eigenvalue weighted by molar-refractivity contribution is 0.529. The van der Waals surface area contributed by atoms with Crippen LogP contribution in [0.15, 0.2) is 18.9 Å². The van der Waals surface area contributed by atoms with Crippen LogP contribution in [0.1, 0.15) is 25.1 Å². The minimum atomic E-state index is -3.68. The quantitative estimate of drug-likeness (QED) is 0.852. The van der Waals surface area contributed by atoms with E-state index >= 15 is 0 Å². The molecule has 0 saturated carbocycles. The molecule has 2 N–H and O–H groups in total. The van der Waals surface area contributed by atoms with Crippen molar-refractivity contribution in [3.05, 3.63) is 18.9 Å². The summed E-state index contributed by atoms with van der Waals surface area (Å²) in [6.45, 7) is 1.90. The van der Waals surface area contributed by atoms with Crippen LogP contribution in [0.2, 0.25) is 0 Å². The van der Waals surface area contributed by atoms with Gasteiger partial charge in [-0.1, -0.05) is 13.3 Å². The highest BCUT2D eigenvalue weighted by molar-refractivity contribution is 7.89. The molecule has 2 heterocycles. The largest absolute Gasteiger partial charge is 0.296 e. The van der Waals surface area contributed by atoms with Crippen LogP contribution in [-0.4, -0.2) is 27.9 Å². The molecule has 2 rings (SSSR count). The summed E-state index contributed by atoms with van der Waals surface area (Å²) in [6, 6.07) is 0. The number of hydrogen-bond acceptors (Lipinski definition) is 5. The molecule has 0 spiro atoms. The van der Waals surface area contributed by atoms with Crippen molar-refractivity contribution in [2.45, 2.75) is 25.1 Å². The second kappa shape index (κ2) is 4.38. The first-order valence-corrected chi connectivity index (χ1v) is 6.79. The van der Waals surface area contributed by atoms with Crippen LogP contribution in [0, 0.1) is 0 Å². The SMILES string of the molecule is CCCC(n1cnc2cncnc21)S(N)(=O)=O. The predicted octanol–water partition coefficient (Wildman–Crippen LogP) is 0.413. The van der Waals surface area contributed by atoms with E-state index in [4.69, 9.17) is 5.14 Å². The number of nitrogens with zero attached hydrogens (tertiary/aromatic N) is 4. The molecule has 0 aromatic carbocycles. The zero-order valence-electron chi connectivity index (χ0n) is 9.31. The minimum absolute atomic E-state index is 0.425. The average Bonchev–Trinajstić information content (AvgIpc) is 2.68. The summed E-state index contributed by atoms with van der Waals surface area (Å²) in [6.07, 6.45) is 5.45. The molecule has 2 aromatic rings. The highest BCUT2D eigenvalue weighted by atomic mass is 32.2. The number of nitrogens with two attached hydrogens (primary N) is 1. The van der Waals surface area contributed by atoms with E-state index in [1.54, 1.807) is 0 Å². The molecule has 7 nitrogen and oxygen atoms in total. The molecule has 0 saturated heterocycles. The van der Waals surface area contributed by atoms with Crippen molar-refractivity contribution in [1.29, 1.82) is 0 Å². The van der Waals surface area contributed by atoms with Crippen molar-refractivity contribution in [3.63, 3.8) is 0 Å². The Morgan fingerprint density at radius 3 is 2.88 bits per heavy atom.